The number of rotatable bonds is 9. The molecule has 106 valence electrons. The molecule has 1 amide bonds. The van der Waals surface area contributed by atoms with Crippen molar-refractivity contribution in [2.45, 2.75) is 32.7 Å². The van der Waals surface area contributed by atoms with Gasteiger partial charge in [-0.3, -0.25) is 9.78 Å². The fraction of sp³-hybridized carbons (Fsp3) is 0.571. The van der Waals surface area contributed by atoms with Crippen LogP contribution in [0.2, 0.25) is 0 Å². The van der Waals surface area contributed by atoms with Gasteiger partial charge in [0.15, 0.2) is 0 Å². The number of carbonyl (C=O) groups is 1. The van der Waals surface area contributed by atoms with E-state index in [9.17, 15) is 4.79 Å². The third kappa shape index (κ3) is 6.76. The molecule has 2 N–H and O–H groups in total. The van der Waals surface area contributed by atoms with Crippen LogP contribution in [0.5, 0.6) is 5.75 Å². The van der Waals surface area contributed by atoms with E-state index in [-0.39, 0.29) is 5.91 Å². The van der Waals surface area contributed by atoms with Gasteiger partial charge in [-0.25, -0.2) is 0 Å². The molecule has 0 aliphatic rings. The number of aromatic nitrogens is 1. The zero-order valence-electron chi connectivity index (χ0n) is 11.7. The lowest BCUT2D eigenvalue weighted by molar-refractivity contribution is -0.120. The summed E-state index contributed by atoms with van der Waals surface area (Å²) in [5.74, 6) is 0.787. The Morgan fingerprint density at radius 1 is 1.42 bits per heavy atom. The lowest BCUT2D eigenvalue weighted by atomic mass is 10.3. The van der Waals surface area contributed by atoms with Gasteiger partial charge in [-0.05, 0) is 31.5 Å². The van der Waals surface area contributed by atoms with Crippen LogP contribution in [-0.2, 0) is 11.3 Å². The first-order chi connectivity index (χ1) is 9.26. The number of hydrogen-bond donors (Lipinski definition) is 2. The molecule has 19 heavy (non-hydrogen) atoms. The van der Waals surface area contributed by atoms with Crippen molar-refractivity contribution in [2.24, 2.45) is 0 Å². The normalized spacial score (nSPS) is 10.2. The molecule has 0 bridgehead atoms. The Morgan fingerprint density at radius 2 is 2.26 bits per heavy atom. The molecule has 0 fully saturated rings. The van der Waals surface area contributed by atoms with Crippen LogP contribution in [0.4, 0.5) is 0 Å². The van der Waals surface area contributed by atoms with E-state index in [2.05, 4.69) is 22.5 Å². The van der Waals surface area contributed by atoms with Crippen LogP contribution < -0.4 is 15.4 Å². The Bertz CT molecular complexity index is 365. The van der Waals surface area contributed by atoms with Gasteiger partial charge in [-0.2, -0.15) is 0 Å². The molecule has 0 saturated carbocycles. The third-order valence-electron chi connectivity index (χ3n) is 2.63. The maximum atomic E-state index is 11.0. The Balaban J connectivity index is 2.22. The van der Waals surface area contributed by atoms with Gasteiger partial charge in [0.05, 0.1) is 18.5 Å². The van der Waals surface area contributed by atoms with E-state index in [0.717, 1.165) is 31.0 Å². The van der Waals surface area contributed by atoms with Crippen molar-refractivity contribution >= 4 is 5.91 Å². The van der Waals surface area contributed by atoms with Crippen LogP contribution in [-0.4, -0.2) is 31.1 Å². The molecule has 1 rings (SSSR count). The molecule has 1 aromatic heterocycles. The van der Waals surface area contributed by atoms with Crippen molar-refractivity contribution in [1.29, 1.82) is 0 Å². The molecule has 1 heterocycles. The SMILES string of the molecule is CCCNCc1ccc(OCCCC(=O)NC)cn1. The second-order valence-electron chi connectivity index (χ2n) is 4.29. The second kappa shape index (κ2) is 9.33. The predicted molar refractivity (Wildman–Crippen MR) is 75.0 cm³/mol. The van der Waals surface area contributed by atoms with E-state index in [1.54, 1.807) is 13.2 Å². The van der Waals surface area contributed by atoms with Gasteiger partial charge in [0, 0.05) is 20.0 Å². The molecule has 0 saturated heterocycles. The Hall–Kier alpha value is -1.62. The molecule has 0 aromatic carbocycles. The van der Waals surface area contributed by atoms with Crippen LogP contribution in [0.15, 0.2) is 18.3 Å². The number of ether oxygens (including phenoxy) is 1. The number of nitrogens with one attached hydrogen (secondary N) is 2. The summed E-state index contributed by atoms with van der Waals surface area (Å²) < 4.78 is 5.52. The van der Waals surface area contributed by atoms with E-state index < -0.39 is 0 Å². The quantitative estimate of drug-likeness (QED) is 0.664. The zero-order chi connectivity index (χ0) is 13.9. The highest BCUT2D eigenvalue weighted by molar-refractivity contribution is 5.75. The molecular formula is C14H23N3O2. The largest absolute Gasteiger partial charge is 0.492 e. The monoisotopic (exact) mass is 265 g/mol. The summed E-state index contributed by atoms with van der Waals surface area (Å²) >= 11 is 0. The Kier molecular flexibility index (Phi) is 7.58. The summed E-state index contributed by atoms with van der Waals surface area (Å²) in [5, 5.41) is 5.88. The van der Waals surface area contributed by atoms with Crippen molar-refractivity contribution in [2.75, 3.05) is 20.2 Å². The minimum absolute atomic E-state index is 0.0408. The first kappa shape index (κ1) is 15.4. The lowest BCUT2D eigenvalue weighted by Gasteiger charge is -2.07. The summed E-state index contributed by atoms with van der Waals surface area (Å²) in [6.45, 7) is 4.45. The molecule has 0 aliphatic heterocycles. The molecule has 0 radical (unpaired) electrons. The Morgan fingerprint density at radius 3 is 2.89 bits per heavy atom. The Labute approximate surface area is 114 Å². The first-order valence-electron chi connectivity index (χ1n) is 6.75. The fourth-order valence-corrected chi connectivity index (χ4v) is 1.54. The summed E-state index contributed by atoms with van der Waals surface area (Å²) in [5.41, 5.74) is 1.01. The van der Waals surface area contributed by atoms with Gasteiger partial charge >= 0.3 is 0 Å². The van der Waals surface area contributed by atoms with Crippen molar-refractivity contribution in [3.63, 3.8) is 0 Å². The number of amides is 1. The van der Waals surface area contributed by atoms with Crippen molar-refractivity contribution < 1.29 is 9.53 Å². The van der Waals surface area contributed by atoms with Crippen molar-refractivity contribution in [3.05, 3.63) is 24.0 Å². The minimum Gasteiger partial charge on any atom is -0.492 e. The molecule has 0 spiro atoms. The smallest absolute Gasteiger partial charge is 0.219 e. The van der Waals surface area contributed by atoms with Gasteiger partial charge in [0.1, 0.15) is 5.75 Å². The number of nitrogens with zero attached hydrogens (tertiary/aromatic N) is 1. The molecule has 0 unspecified atom stereocenters. The maximum absolute atomic E-state index is 11.0. The van der Waals surface area contributed by atoms with Crippen molar-refractivity contribution in [1.82, 2.24) is 15.6 Å². The number of pyridine rings is 1. The molecule has 5 nitrogen and oxygen atoms in total. The van der Waals surface area contributed by atoms with Gasteiger partial charge in [0.25, 0.3) is 0 Å². The fourth-order valence-electron chi connectivity index (χ4n) is 1.54. The van der Waals surface area contributed by atoms with Gasteiger partial charge < -0.3 is 15.4 Å². The van der Waals surface area contributed by atoms with Gasteiger partial charge in [0.2, 0.25) is 5.91 Å². The van der Waals surface area contributed by atoms with E-state index in [4.69, 9.17) is 4.74 Å². The maximum Gasteiger partial charge on any atom is 0.219 e. The van der Waals surface area contributed by atoms with Crippen LogP contribution in [0.3, 0.4) is 0 Å². The molecular weight excluding hydrogens is 242 g/mol. The molecule has 1 aromatic rings. The number of hydrogen-bond acceptors (Lipinski definition) is 4. The van der Waals surface area contributed by atoms with Crippen LogP contribution in [0, 0.1) is 0 Å². The topological polar surface area (TPSA) is 63.2 Å². The predicted octanol–water partition coefficient (Wildman–Crippen LogP) is 1.49. The van der Waals surface area contributed by atoms with Crippen molar-refractivity contribution in [3.8, 4) is 5.75 Å². The van der Waals surface area contributed by atoms with E-state index in [1.165, 1.54) is 0 Å². The van der Waals surface area contributed by atoms with Crippen LogP contribution in [0.1, 0.15) is 31.9 Å². The molecule has 0 atom stereocenters. The highest BCUT2D eigenvalue weighted by atomic mass is 16.5. The summed E-state index contributed by atoms with van der Waals surface area (Å²) in [6.07, 6.45) is 4.04. The highest BCUT2D eigenvalue weighted by Crippen LogP contribution is 2.09. The van der Waals surface area contributed by atoms with Crippen LogP contribution >= 0.6 is 0 Å². The van der Waals surface area contributed by atoms with E-state index in [1.807, 2.05) is 12.1 Å². The average Bonchev–Trinajstić information content (AvgIpc) is 2.45. The summed E-state index contributed by atoms with van der Waals surface area (Å²) in [7, 11) is 1.64. The average molecular weight is 265 g/mol. The zero-order valence-corrected chi connectivity index (χ0v) is 11.7. The van der Waals surface area contributed by atoms with E-state index in [0.29, 0.717) is 19.4 Å². The highest BCUT2D eigenvalue weighted by Gasteiger charge is 1.99. The standard InChI is InChI=1S/C14H23N3O2/c1-3-8-16-10-12-6-7-13(11-17-12)19-9-4-5-14(18)15-2/h6-7,11,16H,3-5,8-10H2,1-2H3,(H,15,18). The van der Waals surface area contributed by atoms with E-state index >= 15 is 0 Å². The molecule has 0 aliphatic carbocycles. The lowest BCUT2D eigenvalue weighted by Crippen LogP contribution is -2.18. The first-order valence-corrected chi connectivity index (χ1v) is 6.75. The summed E-state index contributed by atoms with van der Waals surface area (Å²) in [6, 6.07) is 3.87. The van der Waals surface area contributed by atoms with Gasteiger partial charge in [-0.15, -0.1) is 0 Å². The van der Waals surface area contributed by atoms with Crippen LogP contribution in [0.25, 0.3) is 0 Å². The summed E-state index contributed by atoms with van der Waals surface area (Å²) in [4.78, 5) is 15.3. The second-order valence-corrected chi connectivity index (χ2v) is 4.29. The number of carbonyl (C=O) groups excluding carboxylic acids is 1. The minimum atomic E-state index is 0.0408. The third-order valence-corrected chi connectivity index (χ3v) is 2.63. The molecule has 5 heteroatoms. The van der Waals surface area contributed by atoms with Gasteiger partial charge in [-0.1, -0.05) is 6.92 Å².